The van der Waals surface area contributed by atoms with Crippen molar-refractivity contribution in [3.63, 3.8) is 0 Å². The summed E-state index contributed by atoms with van der Waals surface area (Å²) in [6.07, 6.45) is 4.89. The second-order valence-electron chi connectivity index (χ2n) is 7.69. The van der Waals surface area contributed by atoms with Gasteiger partial charge in [-0.15, -0.1) is 0 Å². The zero-order valence-corrected chi connectivity index (χ0v) is 15.4. The van der Waals surface area contributed by atoms with E-state index in [1.165, 1.54) is 22.4 Å². The first-order chi connectivity index (χ1) is 12.6. The number of aromatic nitrogens is 2. The lowest BCUT2D eigenvalue weighted by Gasteiger charge is -2.43. The van der Waals surface area contributed by atoms with Crippen LogP contribution in [0.25, 0.3) is 11.3 Å². The molecule has 4 rings (SSSR count). The average Bonchev–Trinajstić information content (AvgIpc) is 3.04. The van der Waals surface area contributed by atoms with Crippen molar-refractivity contribution in [1.29, 1.82) is 0 Å². The lowest BCUT2D eigenvalue weighted by atomic mass is 9.68. The summed E-state index contributed by atoms with van der Waals surface area (Å²) in [4.78, 5) is 12.2. The fourth-order valence-electron chi connectivity index (χ4n) is 4.67. The van der Waals surface area contributed by atoms with Gasteiger partial charge in [-0.25, -0.2) is 5.43 Å². The summed E-state index contributed by atoms with van der Waals surface area (Å²) >= 11 is 0. The molecule has 1 amide bonds. The van der Waals surface area contributed by atoms with Crippen LogP contribution in [0.15, 0.2) is 30.5 Å². The van der Waals surface area contributed by atoms with Gasteiger partial charge in [0.2, 0.25) is 5.91 Å². The van der Waals surface area contributed by atoms with Gasteiger partial charge >= 0.3 is 0 Å². The highest BCUT2D eigenvalue weighted by atomic mass is 16.2. The molecular weight excluding hydrogens is 326 g/mol. The summed E-state index contributed by atoms with van der Waals surface area (Å²) < 4.78 is 1.97. The minimum absolute atomic E-state index is 0.0700. The molecule has 0 radical (unpaired) electrons. The molecule has 2 aromatic rings. The van der Waals surface area contributed by atoms with E-state index in [1.54, 1.807) is 0 Å². The van der Waals surface area contributed by atoms with Crippen molar-refractivity contribution in [3.8, 4) is 11.3 Å². The Morgan fingerprint density at radius 2 is 2.04 bits per heavy atom. The van der Waals surface area contributed by atoms with Crippen LogP contribution in [0.1, 0.15) is 36.3 Å². The SMILES string of the molecule is Cc1ccc(-c2c(C3CCC4C(=O)NNC(CN)C4C3)cnn2C)cc1. The number of aryl methyl sites for hydroxylation is 2. The van der Waals surface area contributed by atoms with Crippen molar-refractivity contribution in [1.82, 2.24) is 20.6 Å². The van der Waals surface area contributed by atoms with Gasteiger partial charge in [-0.3, -0.25) is 14.9 Å². The van der Waals surface area contributed by atoms with E-state index in [-0.39, 0.29) is 23.8 Å². The molecule has 4 N–H and O–H groups in total. The monoisotopic (exact) mass is 353 g/mol. The van der Waals surface area contributed by atoms with E-state index < -0.39 is 0 Å². The Hall–Kier alpha value is -2.18. The molecule has 1 saturated carbocycles. The van der Waals surface area contributed by atoms with Gasteiger partial charge in [0.15, 0.2) is 0 Å². The number of nitrogens with two attached hydrogens (primary N) is 1. The number of hydrogen-bond donors (Lipinski definition) is 3. The molecule has 0 bridgehead atoms. The predicted octanol–water partition coefficient (Wildman–Crippen LogP) is 1.86. The molecule has 138 valence electrons. The molecule has 1 saturated heterocycles. The predicted molar refractivity (Wildman–Crippen MR) is 101 cm³/mol. The Morgan fingerprint density at radius 3 is 2.77 bits per heavy atom. The van der Waals surface area contributed by atoms with Crippen LogP contribution in [-0.2, 0) is 11.8 Å². The molecule has 26 heavy (non-hydrogen) atoms. The van der Waals surface area contributed by atoms with Crippen molar-refractivity contribution in [3.05, 3.63) is 41.6 Å². The summed E-state index contributed by atoms with van der Waals surface area (Å²) in [6.45, 7) is 2.63. The number of fused-ring (bicyclic) bond motifs is 1. The van der Waals surface area contributed by atoms with Crippen molar-refractivity contribution < 1.29 is 4.79 Å². The summed E-state index contributed by atoms with van der Waals surface area (Å²) in [5.74, 6) is 0.866. The second-order valence-corrected chi connectivity index (χ2v) is 7.69. The Bertz CT molecular complexity index is 797. The average molecular weight is 353 g/mol. The molecule has 4 atom stereocenters. The van der Waals surface area contributed by atoms with Crippen LogP contribution >= 0.6 is 0 Å². The number of hydrazine groups is 1. The molecule has 1 aromatic heterocycles. The molecule has 2 aliphatic rings. The maximum absolute atomic E-state index is 12.2. The molecule has 4 unspecified atom stereocenters. The highest BCUT2D eigenvalue weighted by Gasteiger charge is 2.43. The fourth-order valence-corrected chi connectivity index (χ4v) is 4.67. The van der Waals surface area contributed by atoms with Crippen LogP contribution in [0.4, 0.5) is 0 Å². The third-order valence-corrected chi connectivity index (χ3v) is 6.12. The smallest absolute Gasteiger partial charge is 0.237 e. The van der Waals surface area contributed by atoms with E-state index in [9.17, 15) is 4.79 Å². The topological polar surface area (TPSA) is 85.0 Å². The summed E-state index contributed by atoms with van der Waals surface area (Å²) in [5.41, 5.74) is 16.8. The highest BCUT2D eigenvalue weighted by Crippen LogP contribution is 2.44. The van der Waals surface area contributed by atoms with Gasteiger partial charge in [0.1, 0.15) is 0 Å². The maximum Gasteiger partial charge on any atom is 0.237 e. The number of nitrogens with one attached hydrogen (secondary N) is 2. The Balaban J connectivity index is 1.65. The largest absolute Gasteiger partial charge is 0.329 e. The number of amides is 1. The number of nitrogens with zero attached hydrogens (tertiary/aromatic N) is 2. The van der Waals surface area contributed by atoms with Gasteiger partial charge in [-0.1, -0.05) is 29.8 Å². The van der Waals surface area contributed by atoms with Crippen LogP contribution in [-0.4, -0.2) is 28.3 Å². The van der Waals surface area contributed by atoms with Gasteiger partial charge in [-0.05, 0) is 38.0 Å². The van der Waals surface area contributed by atoms with E-state index >= 15 is 0 Å². The lowest BCUT2D eigenvalue weighted by molar-refractivity contribution is -0.133. The first-order valence-electron chi connectivity index (χ1n) is 9.43. The van der Waals surface area contributed by atoms with E-state index in [0.29, 0.717) is 12.5 Å². The van der Waals surface area contributed by atoms with Crippen LogP contribution in [0, 0.1) is 18.8 Å². The van der Waals surface area contributed by atoms with Gasteiger partial charge < -0.3 is 5.73 Å². The van der Waals surface area contributed by atoms with Crippen molar-refractivity contribution in [2.75, 3.05) is 6.54 Å². The van der Waals surface area contributed by atoms with Crippen LogP contribution in [0.2, 0.25) is 0 Å². The minimum Gasteiger partial charge on any atom is -0.329 e. The van der Waals surface area contributed by atoms with Crippen molar-refractivity contribution >= 4 is 5.91 Å². The highest BCUT2D eigenvalue weighted by molar-refractivity contribution is 5.79. The summed E-state index contributed by atoms with van der Waals surface area (Å²) in [5, 5.41) is 4.55. The van der Waals surface area contributed by atoms with Gasteiger partial charge in [-0.2, -0.15) is 5.10 Å². The number of benzene rings is 1. The zero-order valence-electron chi connectivity index (χ0n) is 15.4. The first kappa shape index (κ1) is 17.2. The normalized spacial score (nSPS) is 28.5. The van der Waals surface area contributed by atoms with E-state index in [4.69, 9.17) is 5.73 Å². The number of carbonyl (C=O) groups excluding carboxylic acids is 1. The maximum atomic E-state index is 12.2. The lowest BCUT2D eigenvalue weighted by Crippen LogP contribution is -2.62. The molecule has 1 aliphatic heterocycles. The minimum atomic E-state index is 0.0700. The van der Waals surface area contributed by atoms with E-state index in [0.717, 1.165) is 19.3 Å². The molecule has 6 nitrogen and oxygen atoms in total. The van der Waals surface area contributed by atoms with Gasteiger partial charge in [0.25, 0.3) is 0 Å². The molecule has 1 aliphatic carbocycles. The zero-order chi connectivity index (χ0) is 18.3. The number of hydrogen-bond acceptors (Lipinski definition) is 4. The van der Waals surface area contributed by atoms with E-state index in [1.807, 2.05) is 17.9 Å². The van der Waals surface area contributed by atoms with Crippen LogP contribution < -0.4 is 16.6 Å². The number of carbonyl (C=O) groups is 1. The molecule has 2 fully saturated rings. The standard InChI is InChI=1S/C20H27N5O/c1-12-3-5-13(6-4-12)19-17(11-22-25(19)2)14-7-8-15-16(9-14)18(10-21)23-24-20(15)26/h3-6,11,14-16,18,23H,7-10,21H2,1-2H3,(H,24,26). The fraction of sp³-hybridized carbons (Fsp3) is 0.500. The third kappa shape index (κ3) is 2.93. The van der Waals surface area contributed by atoms with E-state index in [2.05, 4.69) is 47.1 Å². The molecule has 1 aromatic carbocycles. The van der Waals surface area contributed by atoms with Crippen LogP contribution in [0.3, 0.4) is 0 Å². The second kappa shape index (κ2) is 6.85. The summed E-state index contributed by atoms with van der Waals surface area (Å²) in [7, 11) is 2.00. The van der Waals surface area contributed by atoms with Gasteiger partial charge in [0, 0.05) is 36.7 Å². The number of rotatable bonds is 3. The Labute approximate surface area is 154 Å². The third-order valence-electron chi connectivity index (χ3n) is 6.12. The quantitative estimate of drug-likeness (QED) is 0.786. The first-order valence-corrected chi connectivity index (χ1v) is 9.43. The molecule has 6 heteroatoms. The van der Waals surface area contributed by atoms with Gasteiger partial charge in [0.05, 0.1) is 11.9 Å². The Kier molecular flexibility index (Phi) is 4.54. The van der Waals surface area contributed by atoms with Crippen molar-refractivity contribution in [2.24, 2.45) is 24.6 Å². The molecule has 2 heterocycles. The molecule has 0 spiro atoms. The Morgan fingerprint density at radius 1 is 1.27 bits per heavy atom. The summed E-state index contributed by atoms with van der Waals surface area (Å²) in [6, 6.07) is 8.76. The van der Waals surface area contributed by atoms with Crippen molar-refractivity contribution in [2.45, 2.75) is 38.1 Å². The molecular formula is C20H27N5O. The van der Waals surface area contributed by atoms with Crippen LogP contribution in [0.5, 0.6) is 0 Å².